The first kappa shape index (κ1) is 13.8. The third kappa shape index (κ3) is 2.41. The van der Waals surface area contributed by atoms with Gasteiger partial charge in [-0.3, -0.25) is 0 Å². The Morgan fingerprint density at radius 3 is 2.20 bits per heavy atom. The van der Waals surface area contributed by atoms with Gasteiger partial charge in [-0.25, -0.2) is 8.78 Å². The lowest BCUT2D eigenvalue weighted by atomic mass is 9.66. The first-order valence-electron chi connectivity index (χ1n) is 7.67. The summed E-state index contributed by atoms with van der Waals surface area (Å²) in [7, 11) is 0. The Morgan fingerprint density at radius 1 is 0.950 bits per heavy atom. The number of benzene rings is 1. The van der Waals surface area contributed by atoms with Crippen molar-refractivity contribution in [1.29, 1.82) is 0 Å². The minimum Gasteiger partial charge on any atom is -0.203 e. The van der Waals surface area contributed by atoms with Crippen molar-refractivity contribution in [1.82, 2.24) is 0 Å². The summed E-state index contributed by atoms with van der Waals surface area (Å²) in [5.74, 6) is 0.494. The summed E-state index contributed by atoms with van der Waals surface area (Å²) in [5, 5.41) is 0. The van der Waals surface area contributed by atoms with Crippen molar-refractivity contribution in [2.24, 2.45) is 11.8 Å². The van der Waals surface area contributed by atoms with Gasteiger partial charge >= 0.3 is 0 Å². The van der Waals surface area contributed by atoms with E-state index in [9.17, 15) is 8.78 Å². The fraction of sp³-hybridized carbons (Fsp3) is 0.556. The quantitative estimate of drug-likeness (QED) is 0.624. The van der Waals surface area contributed by atoms with Crippen LogP contribution in [0.3, 0.4) is 0 Å². The first-order chi connectivity index (χ1) is 9.56. The third-order valence-corrected chi connectivity index (χ3v) is 5.29. The SMILES string of the molecule is C=C1CC(C2CCC(c3ccc(C)c(F)c3F)CC2)C1. The Balaban J connectivity index is 1.66. The summed E-state index contributed by atoms with van der Waals surface area (Å²) in [5.41, 5.74) is 2.36. The summed E-state index contributed by atoms with van der Waals surface area (Å²) in [4.78, 5) is 0. The van der Waals surface area contributed by atoms with Crippen molar-refractivity contribution in [3.05, 3.63) is 47.0 Å². The fourth-order valence-electron chi connectivity index (χ4n) is 3.89. The van der Waals surface area contributed by atoms with Gasteiger partial charge in [0.25, 0.3) is 0 Å². The molecule has 0 atom stereocenters. The van der Waals surface area contributed by atoms with Crippen LogP contribution in [-0.2, 0) is 0 Å². The van der Waals surface area contributed by atoms with Gasteiger partial charge in [0.1, 0.15) is 0 Å². The predicted molar refractivity (Wildman–Crippen MR) is 77.7 cm³/mol. The van der Waals surface area contributed by atoms with Crippen LogP contribution in [0.5, 0.6) is 0 Å². The van der Waals surface area contributed by atoms with Crippen LogP contribution in [0.15, 0.2) is 24.3 Å². The molecule has 1 aromatic rings. The molecule has 0 radical (unpaired) electrons. The van der Waals surface area contributed by atoms with Crippen LogP contribution in [0, 0.1) is 30.4 Å². The van der Waals surface area contributed by atoms with Gasteiger partial charge in [0, 0.05) is 0 Å². The molecule has 0 aromatic heterocycles. The van der Waals surface area contributed by atoms with Crippen molar-refractivity contribution in [2.75, 3.05) is 0 Å². The molecule has 0 amide bonds. The molecular weight excluding hydrogens is 254 g/mol. The summed E-state index contributed by atoms with van der Waals surface area (Å²) < 4.78 is 27.7. The van der Waals surface area contributed by atoms with Gasteiger partial charge in [-0.05, 0) is 74.3 Å². The van der Waals surface area contributed by atoms with Gasteiger partial charge in [0.2, 0.25) is 0 Å². The Bertz CT molecular complexity index is 516. The lowest BCUT2D eigenvalue weighted by molar-refractivity contribution is 0.194. The van der Waals surface area contributed by atoms with E-state index in [1.807, 2.05) is 0 Å². The second-order valence-electron chi connectivity index (χ2n) is 6.63. The highest BCUT2D eigenvalue weighted by atomic mass is 19.2. The Labute approximate surface area is 119 Å². The van der Waals surface area contributed by atoms with Crippen LogP contribution in [-0.4, -0.2) is 0 Å². The second-order valence-corrected chi connectivity index (χ2v) is 6.63. The molecule has 2 fully saturated rings. The van der Waals surface area contributed by atoms with Gasteiger partial charge < -0.3 is 0 Å². The largest absolute Gasteiger partial charge is 0.203 e. The molecule has 0 N–H and O–H groups in total. The molecule has 0 nitrogen and oxygen atoms in total. The molecule has 3 rings (SSSR count). The predicted octanol–water partition coefficient (Wildman–Crippen LogP) is 5.51. The highest BCUT2D eigenvalue weighted by molar-refractivity contribution is 5.28. The van der Waals surface area contributed by atoms with Gasteiger partial charge in [0.15, 0.2) is 11.6 Å². The van der Waals surface area contributed by atoms with Gasteiger partial charge in [0.05, 0.1) is 0 Å². The maximum atomic E-state index is 14.0. The number of hydrogen-bond donors (Lipinski definition) is 0. The van der Waals surface area contributed by atoms with Crippen LogP contribution < -0.4 is 0 Å². The van der Waals surface area contributed by atoms with Crippen molar-refractivity contribution >= 4 is 0 Å². The van der Waals surface area contributed by atoms with E-state index in [2.05, 4.69) is 6.58 Å². The van der Waals surface area contributed by atoms with Crippen LogP contribution in [0.2, 0.25) is 0 Å². The molecule has 0 spiro atoms. The van der Waals surface area contributed by atoms with E-state index in [1.54, 1.807) is 19.1 Å². The summed E-state index contributed by atoms with van der Waals surface area (Å²) in [6.07, 6.45) is 6.65. The van der Waals surface area contributed by atoms with E-state index in [0.717, 1.165) is 37.5 Å². The minimum absolute atomic E-state index is 0.199. The zero-order chi connectivity index (χ0) is 14.3. The number of hydrogen-bond acceptors (Lipinski definition) is 0. The lowest BCUT2D eigenvalue weighted by Crippen LogP contribution is -2.27. The number of allylic oxidation sites excluding steroid dienone is 1. The van der Waals surface area contributed by atoms with E-state index < -0.39 is 11.6 Å². The first-order valence-corrected chi connectivity index (χ1v) is 7.67. The average molecular weight is 276 g/mol. The van der Waals surface area contributed by atoms with Crippen LogP contribution in [0.4, 0.5) is 8.78 Å². The molecule has 0 heterocycles. The van der Waals surface area contributed by atoms with E-state index >= 15 is 0 Å². The van der Waals surface area contributed by atoms with E-state index in [1.165, 1.54) is 18.4 Å². The number of aryl methyl sites for hydroxylation is 1. The molecule has 2 aliphatic rings. The van der Waals surface area contributed by atoms with Crippen molar-refractivity contribution < 1.29 is 8.78 Å². The normalized spacial score (nSPS) is 27.4. The highest BCUT2D eigenvalue weighted by Gasteiger charge is 2.34. The van der Waals surface area contributed by atoms with Crippen molar-refractivity contribution in [2.45, 2.75) is 51.4 Å². The molecule has 0 unspecified atom stereocenters. The maximum Gasteiger partial charge on any atom is 0.162 e. The maximum absolute atomic E-state index is 14.0. The molecule has 0 aliphatic heterocycles. The van der Waals surface area contributed by atoms with Crippen LogP contribution >= 0.6 is 0 Å². The van der Waals surface area contributed by atoms with E-state index in [4.69, 9.17) is 0 Å². The number of rotatable bonds is 2. The van der Waals surface area contributed by atoms with Crippen molar-refractivity contribution in [3.63, 3.8) is 0 Å². The standard InChI is InChI=1S/C18H22F2/c1-11-9-15(10-11)13-4-6-14(7-5-13)16-8-3-12(2)17(19)18(16)20/h3,8,13-15H,1,4-7,9-10H2,2H3. The smallest absolute Gasteiger partial charge is 0.162 e. The van der Waals surface area contributed by atoms with E-state index in [-0.39, 0.29) is 5.92 Å². The summed E-state index contributed by atoms with van der Waals surface area (Å²) in [6.45, 7) is 5.62. The molecule has 1 aromatic carbocycles. The highest BCUT2D eigenvalue weighted by Crippen LogP contribution is 2.46. The number of halogens is 2. The monoisotopic (exact) mass is 276 g/mol. The second kappa shape index (κ2) is 5.31. The Kier molecular flexibility index (Phi) is 3.66. The molecule has 2 saturated carbocycles. The Morgan fingerprint density at radius 2 is 1.60 bits per heavy atom. The topological polar surface area (TPSA) is 0 Å². The average Bonchev–Trinajstić information content (AvgIpc) is 2.42. The van der Waals surface area contributed by atoms with Crippen molar-refractivity contribution in [3.8, 4) is 0 Å². The summed E-state index contributed by atoms with van der Waals surface area (Å²) in [6, 6.07) is 3.49. The molecule has 108 valence electrons. The minimum atomic E-state index is -0.667. The zero-order valence-electron chi connectivity index (χ0n) is 12.1. The molecule has 20 heavy (non-hydrogen) atoms. The van der Waals surface area contributed by atoms with Crippen LogP contribution in [0.25, 0.3) is 0 Å². The van der Waals surface area contributed by atoms with Gasteiger partial charge in [-0.1, -0.05) is 24.3 Å². The zero-order valence-corrected chi connectivity index (χ0v) is 12.1. The lowest BCUT2D eigenvalue weighted by Gasteiger charge is -2.39. The molecule has 2 aliphatic carbocycles. The van der Waals surface area contributed by atoms with Crippen LogP contribution in [0.1, 0.15) is 55.6 Å². The molecule has 0 saturated heterocycles. The fourth-order valence-corrected chi connectivity index (χ4v) is 3.89. The van der Waals surface area contributed by atoms with Gasteiger partial charge in [-0.15, -0.1) is 0 Å². The Hall–Kier alpha value is -1.18. The third-order valence-electron chi connectivity index (χ3n) is 5.29. The summed E-state index contributed by atoms with van der Waals surface area (Å²) >= 11 is 0. The molecular formula is C18H22F2. The molecule has 0 bridgehead atoms. The molecule has 2 heteroatoms. The van der Waals surface area contributed by atoms with E-state index in [0.29, 0.717) is 11.1 Å². The van der Waals surface area contributed by atoms with Gasteiger partial charge in [-0.2, -0.15) is 0 Å².